The fraction of sp³-hybridized carbons (Fsp3) is 0.231. The van der Waals surface area contributed by atoms with Gasteiger partial charge in [-0.3, -0.25) is 0 Å². The van der Waals surface area contributed by atoms with E-state index >= 15 is 0 Å². The lowest BCUT2D eigenvalue weighted by Gasteiger charge is -2.10. The smallest absolute Gasteiger partial charge is 0.118 e. The highest BCUT2D eigenvalue weighted by Crippen LogP contribution is 2.29. The summed E-state index contributed by atoms with van der Waals surface area (Å²) < 4.78 is 6.07. The molecule has 4 heteroatoms. The standard InChI is InChI=1S/C13H13BrO2S/c1-16-10-4-2-9(3-5-10)6-13(15)11-7-17-8-12(11)14/h2-5,7-8,13,15H,6H2,1H3. The van der Waals surface area contributed by atoms with Gasteiger partial charge in [-0.25, -0.2) is 0 Å². The second-order valence-electron chi connectivity index (χ2n) is 3.74. The molecular weight excluding hydrogens is 300 g/mol. The largest absolute Gasteiger partial charge is 0.497 e. The van der Waals surface area contributed by atoms with Crippen molar-refractivity contribution in [3.63, 3.8) is 0 Å². The van der Waals surface area contributed by atoms with Crippen molar-refractivity contribution in [2.75, 3.05) is 7.11 Å². The van der Waals surface area contributed by atoms with E-state index in [4.69, 9.17) is 4.74 Å². The van der Waals surface area contributed by atoms with Crippen molar-refractivity contribution in [1.82, 2.24) is 0 Å². The van der Waals surface area contributed by atoms with Crippen LogP contribution in [0.4, 0.5) is 0 Å². The third-order valence-electron chi connectivity index (χ3n) is 2.59. The molecule has 1 aromatic carbocycles. The summed E-state index contributed by atoms with van der Waals surface area (Å²) in [5.41, 5.74) is 2.04. The zero-order chi connectivity index (χ0) is 12.3. The molecule has 0 bridgehead atoms. The first-order chi connectivity index (χ1) is 8.20. The second-order valence-corrected chi connectivity index (χ2v) is 5.34. The fourth-order valence-electron chi connectivity index (χ4n) is 1.62. The summed E-state index contributed by atoms with van der Waals surface area (Å²) in [5.74, 6) is 0.833. The van der Waals surface area contributed by atoms with E-state index in [9.17, 15) is 5.11 Å². The van der Waals surface area contributed by atoms with Crippen molar-refractivity contribution < 1.29 is 9.84 Å². The summed E-state index contributed by atoms with van der Waals surface area (Å²) in [6, 6.07) is 7.76. The average Bonchev–Trinajstić information content (AvgIpc) is 2.76. The van der Waals surface area contributed by atoms with Crippen LogP contribution in [0, 0.1) is 0 Å². The summed E-state index contributed by atoms with van der Waals surface area (Å²) in [5, 5.41) is 14.1. The van der Waals surface area contributed by atoms with Gasteiger partial charge >= 0.3 is 0 Å². The highest BCUT2D eigenvalue weighted by Gasteiger charge is 2.12. The third-order valence-corrected chi connectivity index (χ3v) is 4.34. The number of thiophene rings is 1. The van der Waals surface area contributed by atoms with E-state index in [0.717, 1.165) is 21.3 Å². The zero-order valence-electron chi connectivity index (χ0n) is 9.39. The summed E-state index contributed by atoms with van der Waals surface area (Å²) in [4.78, 5) is 0. The Balaban J connectivity index is 2.07. The van der Waals surface area contributed by atoms with Crippen molar-refractivity contribution >= 4 is 27.3 Å². The first kappa shape index (κ1) is 12.6. The third kappa shape index (κ3) is 3.09. The summed E-state index contributed by atoms with van der Waals surface area (Å²) in [6.45, 7) is 0. The van der Waals surface area contributed by atoms with Crippen LogP contribution in [-0.4, -0.2) is 12.2 Å². The molecule has 0 aliphatic heterocycles. The predicted octanol–water partition coefficient (Wildman–Crippen LogP) is 3.80. The molecule has 0 fully saturated rings. The first-order valence-corrected chi connectivity index (χ1v) is 6.97. The second kappa shape index (κ2) is 5.67. The molecule has 90 valence electrons. The minimum absolute atomic E-state index is 0.469. The number of benzene rings is 1. The average molecular weight is 313 g/mol. The Morgan fingerprint density at radius 3 is 2.53 bits per heavy atom. The lowest BCUT2D eigenvalue weighted by atomic mass is 10.0. The van der Waals surface area contributed by atoms with Gasteiger partial charge in [-0.2, -0.15) is 11.3 Å². The number of hydrogen-bond donors (Lipinski definition) is 1. The van der Waals surface area contributed by atoms with E-state index in [0.29, 0.717) is 6.42 Å². The lowest BCUT2D eigenvalue weighted by Crippen LogP contribution is -2.01. The SMILES string of the molecule is COc1ccc(CC(O)c2cscc2Br)cc1. The van der Waals surface area contributed by atoms with E-state index in [1.54, 1.807) is 18.4 Å². The molecule has 17 heavy (non-hydrogen) atoms. The number of hydrogen-bond acceptors (Lipinski definition) is 3. The Bertz CT molecular complexity index is 478. The summed E-state index contributed by atoms with van der Waals surface area (Å²) in [6.07, 6.45) is 0.142. The molecule has 1 N–H and O–H groups in total. The van der Waals surface area contributed by atoms with Gasteiger partial charge in [0.05, 0.1) is 13.2 Å². The molecule has 1 heterocycles. The highest BCUT2D eigenvalue weighted by molar-refractivity contribution is 9.10. The van der Waals surface area contributed by atoms with Crippen LogP contribution in [0.3, 0.4) is 0 Å². The van der Waals surface area contributed by atoms with Gasteiger partial charge in [-0.15, -0.1) is 0 Å². The van der Waals surface area contributed by atoms with Gasteiger partial charge in [-0.05, 0) is 39.0 Å². The molecule has 2 rings (SSSR count). The van der Waals surface area contributed by atoms with Crippen LogP contribution in [0.25, 0.3) is 0 Å². The van der Waals surface area contributed by atoms with Gasteiger partial charge in [0.15, 0.2) is 0 Å². The van der Waals surface area contributed by atoms with Crippen molar-refractivity contribution in [2.45, 2.75) is 12.5 Å². The minimum atomic E-state index is -0.469. The normalized spacial score (nSPS) is 12.4. The molecule has 2 aromatic rings. The van der Waals surface area contributed by atoms with Crippen LogP contribution in [-0.2, 0) is 6.42 Å². The van der Waals surface area contributed by atoms with Gasteiger partial charge in [0.25, 0.3) is 0 Å². The highest BCUT2D eigenvalue weighted by atomic mass is 79.9. The Kier molecular flexibility index (Phi) is 4.20. The van der Waals surface area contributed by atoms with E-state index in [2.05, 4.69) is 15.9 Å². The molecule has 0 saturated heterocycles. The van der Waals surface area contributed by atoms with Gasteiger partial charge in [-0.1, -0.05) is 12.1 Å². The topological polar surface area (TPSA) is 29.5 Å². The number of ether oxygens (including phenoxy) is 1. The predicted molar refractivity (Wildman–Crippen MR) is 73.7 cm³/mol. The van der Waals surface area contributed by atoms with Crippen molar-refractivity contribution in [3.05, 3.63) is 50.6 Å². The molecule has 0 aliphatic rings. The number of rotatable bonds is 4. The summed E-state index contributed by atoms with van der Waals surface area (Å²) in [7, 11) is 1.65. The molecule has 0 saturated carbocycles. The monoisotopic (exact) mass is 312 g/mol. The number of aliphatic hydroxyl groups excluding tert-OH is 1. The van der Waals surface area contributed by atoms with E-state index in [-0.39, 0.29) is 0 Å². The number of halogens is 1. The Labute approximate surface area is 113 Å². The Morgan fingerprint density at radius 2 is 2.00 bits per heavy atom. The van der Waals surface area contributed by atoms with Crippen molar-refractivity contribution in [2.24, 2.45) is 0 Å². The first-order valence-electron chi connectivity index (χ1n) is 5.23. The quantitative estimate of drug-likeness (QED) is 0.930. The molecule has 0 radical (unpaired) electrons. The Morgan fingerprint density at radius 1 is 1.29 bits per heavy atom. The number of aliphatic hydroxyl groups is 1. The summed E-state index contributed by atoms with van der Waals surface area (Å²) >= 11 is 5.02. The maximum Gasteiger partial charge on any atom is 0.118 e. The van der Waals surface area contributed by atoms with Crippen LogP contribution in [0.1, 0.15) is 17.2 Å². The molecule has 0 amide bonds. The van der Waals surface area contributed by atoms with Crippen LogP contribution in [0.2, 0.25) is 0 Å². The van der Waals surface area contributed by atoms with E-state index in [1.165, 1.54) is 0 Å². The van der Waals surface area contributed by atoms with E-state index in [1.807, 2.05) is 35.0 Å². The maximum atomic E-state index is 10.1. The van der Waals surface area contributed by atoms with Crippen LogP contribution in [0.15, 0.2) is 39.5 Å². The van der Waals surface area contributed by atoms with Crippen LogP contribution in [0.5, 0.6) is 5.75 Å². The van der Waals surface area contributed by atoms with Gasteiger partial charge in [0.2, 0.25) is 0 Å². The fourth-order valence-corrected chi connectivity index (χ4v) is 3.23. The Hall–Kier alpha value is -0.840. The molecule has 0 spiro atoms. The molecule has 0 aliphatic carbocycles. The number of methoxy groups -OCH3 is 1. The molecule has 1 atom stereocenters. The van der Waals surface area contributed by atoms with Gasteiger partial charge in [0, 0.05) is 21.8 Å². The van der Waals surface area contributed by atoms with Crippen LogP contribution >= 0.6 is 27.3 Å². The molecule has 1 aromatic heterocycles. The van der Waals surface area contributed by atoms with Crippen molar-refractivity contribution in [1.29, 1.82) is 0 Å². The molecule has 2 nitrogen and oxygen atoms in total. The molecular formula is C13H13BrO2S. The zero-order valence-corrected chi connectivity index (χ0v) is 11.8. The van der Waals surface area contributed by atoms with Gasteiger partial charge < -0.3 is 9.84 Å². The van der Waals surface area contributed by atoms with Gasteiger partial charge in [0.1, 0.15) is 5.75 Å². The molecule has 1 unspecified atom stereocenters. The minimum Gasteiger partial charge on any atom is -0.497 e. The van der Waals surface area contributed by atoms with E-state index < -0.39 is 6.10 Å². The van der Waals surface area contributed by atoms with Crippen LogP contribution < -0.4 is 4.74 Å². The lowest BCUT2D eigenvalue weighted by molar-refractivity contribution is 0.178. The van der Waals surface area contributed by atoms with Crippen molar-refractivity contribution in [3.8, 4) is 5.75 Å². The maximum absolute atomic E-state index is 10.1.